The largest absolute Gasteiger partial charge is 0.477 e. The summed E-state index contributed by atoms with van der Waals surface area (Å²) < 4.78 is 4.83. The number of rotatable bonds is 7. The molecule has 3 N–H and O–H groups in total. The maximum Gasteiger partial charge on any atom is 0.354 e. The predicted molar refractivity (Wildman–Crippen MR) is 69.2 cm³/mol. The van der Waals surface area contributed by atoms with E-state index in [-0.39, 0.29) is 11.6 Å². The molecule has 0 aliphatic rings. The SMILES string of the molecule is COCCNC(=O)C(C)Nc1ccc(C(=O)O)nc1. The molecular weight excluding hydrogens is 250 g/mol. The molecule has 1 heterocycles. The number of aromatic nitrogens is 1. The number of hydrogen-bond donors (Lipinski definition) is 3. The van der Waals surface area contributed by atoms with Gasteiger partial charge in [0, 0.05) is 13.7 Å². The smallest absolute Gasteiger partial charge is 0.354 e. The van der Waals surface area contributed by atoms with Crippen molar-refractivity contribution in [1.82, 2.24) is 10.3 Å². The van der Waals surface area contributed by atoms with Gasteiger partial charge in [0.15, 0.2) is 0 Å². The molecule has 1 unspecified atom stereocenters. The number of nitrogens with one attached hydrogen (secondary N) is 2. The van der Waals surface area contributed by atoms with Crippen molar-refractivity contribution in [3.63, 3.8) is 0 Å². The maximum absolute atomic E-state index is 11.7. The van der Waals surface area contributed by atoms with Crippen molar-refractivity contribution < 1.29 is 19.4 Å². The Morgan fingerprint density at radius 1 is 1.47 bits per heavy atom. The molecule has 0 radical (unpaired) electrons. The molecule has 7 nitrogen and oxygen atoms in total. The fourth-order valence-electron chi connectivity index (χ4n) is 1.35. The fraction of sp³-hybridized carbons (Fsp3) is 0.417. The Balaban J connectivity index is 2.49. The predicted octanol–water partition coefficient (Wildman–Crippen LogP) is 0.343. The molecular formula is C12H17N3O4. The third-order valence-electron chi connectivity index (χ3n) is 2.36. The van der Waals surface area contributed by atoms with Gasteiger partial charge in [-0.2, -0.15) is 0 Å². The molecule has 0 fully saturated rings. The topological polar surface area (TPSA) is 101 Å². The van der Waals surface area contributed by atoms with Crippen LogP contribution >= 0.6 is 0 Å². The first-order valence-electron chi connectivity index (χ1n) is 5.77. The molecule has 7 heteroatoms. The number of nitrogens with zero attached hydrogens (tertiary/aromatic N) is 1. The lowest BCUT2D eigenvalue weighted by Gasteiger charge is -2.14. The van der Waals surface area contributed by atoms with Crippen LogP contribution in [-0.2, 0) is 9.53 Å². The molecule has 0 aromatic carbocycles. The first-order valence-corrected chi connectivity index (χ1v) is 5.77. The Morgan fingerprint density at radius 3 is 2.74 bits per heavy atom. The van der Waals surface area contributed by atoms with Crippen LogP contribution in [0, 0.1) is 0 Å². The van der Waals surface area contributed by atoms with E-state index in [1.807, 2.05) is 0 Å². The van der Waals surface area contributed by atoms with Crippen LogP contribution in [-0.4, -0.2) is 48.3 Å². The number of anilines is 1. The summed E-state index contributed by atoms with van der Waals surface area (Å²) in [6.45, 7) is 2.60. The number of carboxylic acid groups (broad SMARTS) is 1. The van der Waals surface area contributed by atoms with E-state index in [4.69, 9.17) is 9.84 Å². The van der Waals surface area contributed by atoms with Crippen LogP contribution in [0.5, 0.6) is 0 Å². The number of pyridine rings is 1. The minimum Gasteiger partial charge on any atom is -0.477 e. The van der Waals surface area contributed by atoms with Gasteiger partial charge in [0.2, 0.25) is 5.91 Å². The van der Waals surface area contributed by atoms with Crippen LogP contribution in [0.4, 0.5) is 5.69 Å². The summed E-state index contributed by atoms with van der Waals surface area (Å²) in [5.41, 5.74) is 0.544. The number of methoxy groups -OCH3 is 1. The number of aromatic carboxylic acids is 1. The molecule has 0 saturated carbocycles. The second kappa shape index (κ2) is 7.32. The van der Waals surface area contributed by atoms with Crippen LogP contribution in [0.1, 0.15) is 17.4 Å². The molecule has 104 valence electrons. The van der Waals surface area contributed by atoms with E-state index in [2.05, 4.69) is 15.6 Å². The Bertz CT molecular complexity index is 433. The first-order chi connectivity index (χ1) is 9.04. The summed E-state index contributed by atoms with van der Waals surface area (Å²) >= 11 is 0. The van der Waals surface area contributed by atoms with Crippen LogP contribution < -0.4 is 10.6 Å². The highest BCUT2D eigenvalue weighted by atomic mass is 16.5. The molecule has 1 rings (SSSR count). The summed E-state index contributed by atoms with van der Waals surface area (Å²) in [4.78, 5) is 26.0. The van der Waals surface area contributed by atoms with Crippen LogP contribution in [0.25, 0.3) is 0 Å². The van der Waals surface area contributed by atoms with Gasteiger partial charge in [-0.3, -0.25) is 4.79 Å². The zero-order chi connectivity index (χ0) is 14.3. The van der Waals surface area contributed by atoms with Gasteiger partial charge < -0.3 is 20.5 Å². The highest BCUT2D eigenvalue weighted by Crippen LogP contribution is 2.07. The maximum atomic E-state index is 11.7. The lowest BCUT2D eigenvalue weighted by Crippen LogP contribution is -2.39. The number of hydrogen-bond acceptors (Lipinski definition) is 5. The molecule has 1 aromatic rings. The Morgan fingerprint density at radius 2 is 2.21 bits per heavy atom. The van der Waals surface area contributed by atoms with Crippen LogP contribution in [0.15, 0.2) is 18.3 Å². The van der Waals surface area contributed by atoms with Gasteiger partial charge in [-0.05, 0) is 19.1 Å². The minimum atomic E-state index is -1.09. The molecule has 0 aliphatic carbocycles. The summed E-state index contributed by atoms with van der Waals surface area (Å²) in [5, 5.41) is 14.3. The van der Waals surface area contributed by atoms with Gasteiger partial charge >= 0.3 is 5.97 Å². The molecule has 0 saturated heterocycles. The van der Waals surface area contributed by atoms with Crippen molar-refractivity contribution in [1.29, 1.82) is 0 Å². The second-order valence-corrected chi connectivity index (χ2v) is 3.89. The van der Waals surface area contributed by atoms with E-state index in [9.17, 15) is 9.59 Å². The van der Waals surface area contributed by atoms with Gasteiger partial charge in [-0.1, -0.05) is 0 Å². The Labute approximate surface area is 111 Å². The highest BCUT2D eigenvalue weighted by molar-refractivity contribution is 5.86. The minimum absolute atomic E-state index is 0.0391. The zero-order valence-electron chi connectivity index (χ0n) is 10.8. The number of carbonyl (C=O) groups excluding carboxylic acids is 1. The standard InChI is InChI=1S/C12H17N3O4/c1-8(11(16)13-5-6-19-2)15-9-3-4-10(12(17)18)14-7-9/h3-4,7-8,15H,5-6H2,1-2H3,(H,13,16)(H,17,18). The highest BCUT2D eigenvalue weighted by Gasteiger charge is 2.12. The fourth-order valence-corrected chi connectivity index (χ4v) is 1.35. The summed E-state index contributed by atoms with van der Waals surface area (Å²) in [6.07, 6.45) is 1.38. The van der Waals surface area contributed by atoms with Gasteiger partial charge in [-0.25, -0.2) is 9.78 Å². The number of carboxylic acids is 1. The van der Waals surface area contributed by atoms with E-state index in [0.717, 1.165) is 0 Å². The quantitative estimate of drug-likeness (QED) is 0.616. The summed E-state index contributed by atoms with van der Waals surface area (Å²) in [5.74, 6) is -1.25. The number of amides is 1. The average Bonchev–Trinajstić information content (AvgIpc) is 2.39. The number of carbonyl (C=O) groups is 2. The molecule has 19 heavy (non-hydrogen) atoms. The molecule has 0 aliphatic heterocycles. The third-order valence-corrected chi connectivity index (χ3v) is 2.36. The van der Waals surface area contributed by atoms with Gasteiger partial charge in [0.05, 0.1) is 18.5 Å². The second-order valence-electron chi connectivity index (χ2n) is 3.89. The first kappa shape index (κ1) is 14.9. The Hall–Kier alpha value is -2.15. The molecule has 0 bridgehead atoms. The lowest BCUT2D eigenvalue weighted by molar-refractivity contribution is -0.121. The Kier molecular flexibility index (Phi) is 5.74. The van der Waals surface area contributed by atoms with Crippen LogP contribution in [0.3, 0.4) is 0 Å². The molecule has 1 atom stereocenters. The molecule has 1 aromatic heterocycles. The van der Waals surface area contributed by atoms with Crippen molar-refractivity contribution >= 4 is 17.6 Å². The monoisotopic (exact) mass is 267 g/mol. The van der Waals surface area contributed by atoms with Crippen molar-refractivity contribution in [2.75, 3.05) is 25.6 Å². The number of ether oxygens (including phenoxy) is 1. The van der Waals surface area contributed by atoms with Gasteiger partial charge in [0.25, 0.3) is 0 Å². The molecule has 0 spiro atoms. The van der Waals surface area contributed by atoms with E-state index in [0.29, 0.717) is 18.8 Å². The van der Waals surface area contributed by atoms with Crippen LogP contribution in [0.2, 0.25) is 0 Å². The van der Waals surface area contributed by atoms with Gasteiger partial charge in [-0.15, -0.1) is 0 Å². The average molecular weight is 267 g/mol. The van der Waals surface area contributed by atoms with Crippen molar-refractivity contribution in [2.45, 2.75) is 13.0 Å². The summed E-state index contributed by atoms with van der Waals surface area (Å²) in [6, 6.07) is 2.49. The van der Waals surface area contributed by atoms with E-state index in [1.54, 1.807) is 20.1 Å². The van der Waals surface area contributed by atoms with Crippen molar-refractivity contribution in [3.05, 3.63) is 24.0 Å². The van der Waals surface area contributed by atoms with E-state index in [1.165, 1.54) is 12.3 Å². The normalized spacial score (nSPS) is 11.7. The molecule has 1 amide bonds. The van der Waals surface area contributed by atoms with E-state index < -0.39 is 12.0 Å². The van der Waals surface area contributed by atoms with Crippen molar-refractivity contribution in [3.8, 4) is 0 Å². The lowest BCUT2D eigenvalue weighted by atomic mass is 10.2. The van der Waals surface area contributed by atoms with E-state index >= 15 is 0 Å². The third kappa shape index (κ3) is 4.92. The van der Waals surface area contributed by atoms with Crippen molar-refractivity contribution in [2.24, 2.45) is 0 Å². The zero-order valence-corrected chi connectivity index (χ0v) is 10.8. The van der Waals surface area contributed by atoms with Gasteiger partial charge in [0.1, 0.15) is 11.7 Å². The summed E-state index contributed by atoms with van der Waals surface area (Å²) in [7, 11) is 1.56.